The Kier molecular flexibility index (Phi) is 4.04. The van der Waals surface area contributed by atoms with Crippen LogP contribution in [0, 0.1) is 6.92 Å². The zero-order valence-corrected chi connectivity index (χ0v) is 8.64. The molecule has 2 N–H and O–H groups in total. The van der Waals surface area contributed by atoms with Crippen LogP contribution < -0.4 is 0 Å². The molecule has 0 amide bonds. The van der Waals surface area contributed by atoms with Crippen molar-refractivity contribution >= 4 is 0 Å². The van der Waals surface area contributed by atoms with E-state index in [9.17, 15) is 10.2 Å². The predicted octanol–water partition coefficient (Wildman–Crippen LogP) is 1.58. The van der Waals surface area contributed by atoms with Crippen molar-refractivity contribution in [1.82, 2.24) is 4.98 Å². The number of hydrogen-bond donors (Lipinski definition) is 2. The smallest absolute Gasteiger partial charge is 0.106 e. The summed E-state index contributed by atoms with van der Waals surface area (Å²) in [6.07, 6.45) is 3.27. The number of aliphatic hydroxyl groups is 2. The van der Waals surface area contributed by atoms with Crippen molar-refractivity contribution in [2.24, 2.45) is 0 Å². The molecule has 0 aliphatic carbocycles. The van der Waals surface area contributed by atoms with Gasteiger partial charge in [-0.2, -0.15) is 0 Å². The second-order valence-electron chi connectivity index (χ2n) is 3.60. The third kappa shape index (κ3) is 2.79. The third-order valence-corrected chi connectivity index (χ3v) is 2.19. The molecule has 3 nitrogen and oxygen atoms in total. The van der Waals surface area contributed by atoms with Crippen LogP contribution in [0.25, 0.3) is 0 Å². The number of nitrogens with zero attached hydrogens (tertiary/aromatic N) is 1. The Labute approximate surface area is 84.4 Å². The molecule has 0 saturated heterocycles. The molecule has 14 heavy (non-hydrogen) atoms. The molecule has 0 aliphatic heterocycles. The highest BCUT2D eigenvalue weighted by atomic mass is 16.3. The monoisotopic (exact) mass is 195 g/mol. The molecule has 0 bridgehead atoms. The fourth-order valence-corrected chi connectivity index (χ4v) is 1.42. The number of aromatic nitrogens is 1. The fraction of sp³-hybridized carbons (Fsp3) is 0.545. The molecule has 2 atom stereocenters. The summed E-state index contributed by atoms with van der Waals surface area (Å²) >= 11 is 0. The highest BCUT2D eigenvalue weighted by Crippen LogP contribution is 2.19. The summed E-state index contributed by atoms with van der Waals surface area (Å²) in [4.78, 5) is 3.98. The maximum absolute atomic E-state index is 9.75. The summed E-state index contributed by atoms with van der Waals surface area (Å²) < 4.78 is 0. The zero-order chi connectivity index (χ0) is 10.6. The normalized spacial score (nSPS) is 15.1. The molecule has 1 rings (SSSR count). The Bertz CT molecular complexity index is 288. The molecule has 0 aliphatic rings. The van der Waals surface area contributed by atoms with Gasteiger partial charge in [-0.05, 0) is 18.9 Å². The van der Waals surface area contributed by atoms with Gasteiger partial charge in [-0.3, -0.25) is 4.98 Å². The fourth-order valence-electron chi connectivity index (χ4n) is 1.42. The Hall–Kier alpha value is -0.930. The molecule has 78 valence electrons. The maximum atomic E-state index is 9.75. The minimum absolute atomic E-state index is 0.606. The van der Waals surface area contributed by atoms with Crippen molar-refractivity contribution < 1.29 is 10.2 Å². The maximum Gasteiger partial charge on any atom is 0.106 e. The number of pyridine rings is 1. The highest BCUT2D eigenvalue weighted by molar-refractivity contribution is 5.19. The van der Waals surface area contributed by atoms with Crippen molar-refractivity contribution in [3.63, 3.8) is 0 Å². The average molecular weight is 195 g/mol. The molecular weight excluding hydrogens is 178 g/mol. The summed E-state index contributed by atoms with van der Waals surface area (Å²) in [6.45, 7) is 3.89. The van der Waals surface area contributed by atoms with Crippen LogP contribution in [0.3, 0.4) is 0 Å². The topological polar surface area (TPSA) is 53.4 Å². The van der Waals surface area contributed by atoms with Crippen molar-refractivity contribution in [2.75, 3.05) is 0 Å². The second kappa shape index (κ2) is 5.08. The van der Waals surface area contributed by atoms with E-state index >= 15 is 0 Å². The first-order chi connectivity index (χ1) is 6.65. The number of aryl methyl sites for hydroxylation is 1. The summed E-state index contributed by atoms with van der Waals surface area (Å²) in [5.74, 6) is 0. The Balaban J connectivity index is 2.73. The van der Waals surface area contributed by atoms with Crippen LogP contribution in [0.1, 0.15) is 37.0 Å². The van der Waals surface area contributed by atoms with Crippen LogP contribution >= 0.6 is 0 Å². The van der Waals surface area contributed by atoms with E-state index in [1.165, 1.54) is 0 Å². The summed E-state index contributed by atoms with van der Waals surface area (Å²) in [6, 6.07) is 1.84. The Morgan fingerprint density at radius 1 is 1.36 bits per heavy atom. The van der Waals surface area contributed by atoms with Gasteiger partial charge in [0, 0.05) is 18.0 Å². The second-order valence-corrected chi connectivity index (χ2v) is 3.60. The van der Waals surface area contributed by atoms with Gasteiger partial charge >= 0.3 is 0 Å². The van der Waals surface area contributed by atoms with E-state index in [0.29, 0.717) is 12.0 Å². The van der Waals surface area contributed by atoms with E-state index in [-0.39, 0.29) is 0 Å². The molecule has 1 aromatic heterocycles. The van der Waals surface area contributed by atoms with E-state index in [2.05, 4.69) is 4.98 Å². The van der Waals surface area contributed by atoms with Crippen molar-refractivity contribution in [1.29, 1.82) is 0 Å². The summed E-state index contributed by atoms with van der Waals surface area (Å²) in [5, 5.41) is 19.3. The molecule has 0 saturated carbocycles. The molecule has 0 radical (unpaired) electrons. The van der Waals surface area contributed by atoms with Gasteiger partial charge in [0.05, 0.1) is 6.10 Å². The predicted molar refractivity (Wildman–Crippen MR) is 54.8 cm³/mol. The van der Waals surface area contributed by atoms with Crippen LogP contribution in [0.4, 0.5) is 0 Å². The van der Waals surface area contributed by atoms with Gasteiger partial charge < -0.3 is 10.2 Å². The van der Waals surface area contributed by atoms with Crippen LogP contribution in [0.2, 0.25) is 0 Å². The highest BCUT2D eigenvalue weighted by Gasteiger charge is 2.17. The van der Waals surface area contributed by atoms with E-state index in [0.717, 1.165) is 12.0 Å². The van der Waals surface area contributed by atoms with Crippen LogP contribution in [0.15, 0.2) is 18.5 Å². The number of aliphatic hydroxyl groups excluding tert-OH is 2. The van der Waals surface area contributed by atoms with Gasteiger partial charge in [-0.1, -0.05) is 19.4 Å². The third-order valence-electron chi connectivity index (χ3n) is 2.19. The average Bonchev–Trinajstić information content (AvgIpc) is 2.17. The van der Waals surface area contributed by atoms with Gasteiger partial charge in [0.25, 0.3) is 0 Å². The summed E-state index contributed by atoms with van der Waals surface area (Å²) in [7, 11) is 0. The number of hydrogen-bond acceptors (Lipinski definition) is 3. The van der Waals surface area contributed by atoms with Crippen LogP contribution in [-0.4, -0.2) is 21.3 Å². The Morgan fingerprint density at radius 2 is 2.07 bits per heavy atom. The van der Waals surface area contributed by atoms with Gasteiger partial charge in [0.1, 0.15) is 6.10 Å². The molecule has 2 unspecified atom stereocenters. The van der Waals surface area contributed by atoms with Crippen molar-refractivity contribution in [3.8, 4) is 0 Å². The largest absolute Gasteiger partial charge is 0.390 e. The lowest BCUT2D eigenvalue weighted by Gasteiger charge is -2.17. The first kappa shape index (κ1) is 11.1. The summed E-state index contributed by atoms with van der Waals surface area (Å²) in [5.41, 5.74) is 1.68. The lowest BCUT2D eigenvalue weighted by Crippen LogP contribution is -2.18. The molecule has 0 fully saturated rings. The zero-order valence-electron chi connectivity index (χ0n) is 8.64. The van der Waals surface area contributed by atoms with Crippen molar-refractivity contribution in [3.05, 3.63) is 29.6 Å². The first-order valence-corrected chi connectivity index (χ1v) is 4.92. The lowest BCUT2D eigenvalue weighted by atomic mass is 10.0. The molecule has 1 heterocycles. The molecule has 0 spiro atoms. The van der Waals surface area contributed by atoms with Crippen LogP contribution in [-0.2, 0) is 0 Å². The standard InChI is InChI=1S/C11H17NO2/c1-3-4-10(13)11(14)9-5-8(2)6-12-7-9/h5-7,10-11,13-14H,3-4H2,1-2H3. The van der Waals surface area contributed by atoms with Gasteiger partial charge in [0.2, 0.25) is 0 Å². The molecular formula is C11H17NO2. The number of rotatable bonds is 4. The molecule has 3 heteroatoms. The minimum atomic E-state index is -0.817. The van der Waals surface area contributed by atoms with Gasteiger partial charge in [-0.25, -0.2) is 0 Å². The SMILES string of the molecule is CCCC(O)C(O)c1cncc(C)c1. The quantitative estimate of drug-likeness (QED) is 0.767. The van der Waals surface area contributed by atoms with Crippen LogP contribution in [0.5, 0.6) is 0 Å². The first-order valence-electron chi connectivity index (χ1n) is 4.92. The van der Waals surface area contributed by atoms with Gasteiger partial charge in [-0.15, -0.1) is 0 Å². The van der Waals surface area contributed by atoms with Gasteiger partial charge in [0.15, 0.2) is 0 Å². The molecule has 1 aromatic rings. The van der Waals surface area contributed by atoms with E-state index in [1.54, 1.807) is 12.4 Å². The molecule has 0 aromatic carbocycles. The Morgan fingerprint density at radius 3 is 2.64 bits per heavy atom. The van der Waals surface area contributed by atoms with E-state index in [1.807, 2.05) is 19.9 Å². The van der Waals surface area contributed by atoms with Crippen molar-refractivity contribution in [2.45, 2.75) is 38.9 Å². The van der Waals surface area contributed by atoms with E-state index in [4.69, 9.17) is 0 Å². The minimum Gasteiger partial charge on any atom is -0.390 e. The lowest BCUT2D eigenvalue weighted by molar-refractivity contribution is 0.0129. The van der Waals surface area contributed by atoms with E-state index < -0.39 is 12.2 Å².